The molecule has 3 heteroatoms. The van der Waals surface area contributed by atoms with E-state index in [4.69, 9.17) is 0 Å². The normalized spacial score (nSPS) is 30.6. The fourth-order valence-electron chi connectivity index (χ4n) is 3.85. The van der Waals surface area contributed by atoms with Crippen LogP contribution in [0.5, 0.6) is 0 Å². The van der Waals surface area contributed by atoms with Crippen molar-refractivity contribution in [3.8, 4) is 0 Å². The van der Waals surface area contributed by atoms with Gasteiger partial charge in [0.1, 0.15) is 0 Å². The molecule has 20 heavy (non-hydrogen) atoms. The van der Waals surface area contributed by atoms with Gasteiger partial charge < -0.3 is 10.2 Å². The summed E-state index contributed by atoms with van der Waals surface area (Å²) in [5.41, 5.74) is 0.777. The highest BCUT2D eigenvalue weighted by Crippen LogP contribution is 2.36. The zero-order valence-electron chi connectivity index (χ0n) is 12.2. The van der Waals surface area contributed by atoms with E-state index in [2.05, 4.69) is 17.3 Å². The predicted octanol–water partition coefficient (Wildman–Crippen LogP) is 2.54. The second kappa shape index (κ2) is 5.96. The van der Waals surface area contributed by atoms with Crippen molar-refractivity contribution in [2.45, 2.75) is 31.7 Å². The van der Waals surface area contributed by atoms with Crippen molar-refractivity contribution in [2.24, 2.45) is 11.8 Å². The van der Waals surface area contributed by atoms with Gasteiger partial charge in [-0.05, 0) is 56.8 Å². The monoisotopic (exact) mass is 272 g/mol. The third-order valence-corrected chi connectivity index (χ3v) is 4.97. The summed E-state index contributed by atoms with van der Waals surface area (Å²) >= 11 is 0. The van der Waals surface area contributed by atoms with Crippen LogP contribution < -0.4 is 5.32 Å². The van der Waals surface area contributed by atoms with Gasteiger partial charge in [-0.1, -0.05) is 24.6 Å². The lowest BCUT2D eigenvalue weighted by atomic mass is 9.72. The van der Waals surface area contributed by atoms with Crippen LogP contribution in [-0.2, 0) is 0 Å². The third-order valence-electron chi connectivity index (χ3n) is 4.97. The molecule has 1 saturated heterocycles. The van der Waals surface area contributed by atoms with Crippen LogP contribution in [0.4, 0.5) is 0 Å². The molecule has 0 bridgehead atoms. The Labute approximate surface area is 121 Å². The van der Waals surface area contributed by atoms with E-state index >= 15 is 0 Å². The fraction of sp³-hybridized carbons (Fsp3) is 0.588. The van der Waals surface area contributed by atoms with Crippen molar-refractivity contribution in [3.63, 3.8) is 0 Å². The van der Waals surface area contributed by atoms with Gasteiger partial charge in [-0.25, -0.2) is 0 Å². The maximum absolute atomic E-state index is 12.3. The van der Waals surface area contributed by atoms with Crippen molar-refractivity contribution >= 4 is 5.91 Å². The number of carbonyl (C=O) groups is 1. The number of likely N-dealkylation sites (tertiary alicyclic amines) is 1. The quantitative estimate of drug-likeness (QED) is 0.897. The lowest BCUT2D eigenvalue weighted by Gasteiger charge is -2.44. The summed E-state index contributed by atoms with van der Waals surface area (Å²) in [6.07, 6.45) is 5.02. The van der Waals surface area contributed by atoms with Gasteiger partial charge in [0.15, 0.2) is 0 Å². The van der Waals surface area contributed by atoms with E-state index in [-0.39, 0.29) is 5.91 Å². The maximum atomic E-state index is 12.3. The molecule has 1 saturated carbocycles. The summed E-state index contributed by atoms with van der Waals surface area (Å²) in [4.78, 5) is 14.8. The SMILES string of the molecule is CN1CC[C@H]2CCCC(NC(=O)c3ccccc3)[C@@H]2C1. The minimum absolute atomic E-state index is 0.0875. The van der Waals surface area contributed by atoms with Gasteiger partial charge in [0, 0.05) is 18.2 Å². The zero-order valence-corrected chi connectivity index (χ0v) is 12.2. The van der Waals surface area contributed by atoms with Crippen LogP contribution in [0, 0.1) is 11.8 Å². The molecule has 2 aliphatic rings. The average molecular weight is 272 g/mol. The van der Waals surface area contributed by atoms with Crippen molar-refractivity contribution in [2.75, 3.05) is 20.1 Å². The van der Waals surface area contributed by atoms with Gasteiger partial charge >= 0.3 is 0 Å². The summed E-state index contributed by atoms with van der Waals surface area (Å²) in [5.74, 6) is 1.53. The van der Waals surface area contributed by atoms with Crippen LogP contribution in [0.25, 0.3) is 0 Å². The van der Waals surface area contributed by atoms with Gasteiger partial charge in [-0.2, -0.15) is 0 Å². The van der Waals surface area contributed by atoms with Crippen molar-refractivity contribution in [3.05, 3.63) is 35.9 Å². The smallest absolute Gasteiger partial charge is 0.251 e. The molecule has 1 unspecified atom stereocenters. The predicted molar refractivity (Wildman–Crippen MR) is 80.6 cm³/mol. The maximum Gasteiger partial charge on any atom is 0.251 e. The van der Waals surface area contributed by atoms with Crippen LogP contribution in [0.1, 0.15) is 36.0 Å². The van der Waals surface area contributed by atoms with E-state index in [0.717, 1.165) is 24.4 Å². The first-order valence-electron chi connectivity index (χ1n) is 7.78. The number of nitrogens with one attached hydrogen (secondary N) is 1. The Morgan fingerprint density at radius 1 is 1.20 bits per heavy atom. The van der Waals surface area contributed by atoms with E-state index in [1.165, 1.54) is 25.8 Å². The van der Waals surface area contributed by atoms with Gasteiger partial charge in [0.05, 0.1) is 0 Å². The second-order valence-electron chi connectivity index (χ2n) is 6.35. The number of rotatable bonds is 2. The number of benzene rings is 1. The molecule has 0 radical (unpaired) electrons. The minimum Gasteiger partial charge on any atom is -0.349 e. The zero-order chi connectivity index (χ0) is 13.9. The summed E-state index contributed by atoms with van der Waals surface area (Å²) in [7, 11) is 2.20. The number of hydrogen-bond acceptors (Lipinski definition) is 2. The second-order valence-corrected chi connectivity index (χ2v) is 6.35. The highest BCUT2D eigenvalue weighted by molar-refractivity contribution is 5.94. The molecule has 0 aromatic heterocycles. The van der Waals surface area contributed by atoms with Crippen LogP contribution >= 0.6 is 0 Å². The molecular weight excluding hydrogens is 248 g/mol. The molecule has 3 nitrogen and oxygen atoms in total. The molecule has 1 aromatic rings. The lowest BCUT2D eigenvalue weighted by molar-refractivity contribution is 0.0650. The Balaban J connectivity index is 1.68. The van der Waals surface area contributed by atoms with E-state index in [1.807, 2.05) is 30.3 Å². The first-order chi connectivity index (χ1) is 9.74. The van der Waals surface area contributed by atoms with Crippen LogP contribution in [0.2, 0.25) is 0 Å². The molecule has 1 aromatic carbocycles. The number of fused-ring (bicyclic) bond motifs is 1. The average Bonchev–Trinajstić information content (AvgIpc) is 2.49. The van der Waals surface area contributed by atoms with E-state index in [9.17, 15) is 4.79 Å². The summed E-state index contributed by atoms with van der Waals surface area (Å²) in [6.45, 7) is 2.34. The number of amides is 1. The van der Waals surface area contributed by atoms with Crippen molar-refractivity contribution in [1.29, 1.82) is 0 Å². The first kappa shape index (κ1) is 13.6. The number of hydrogen-bond donors (Lipinski definition) is 1. The molecule has 1 heterocycles. The van der Waals surface area contributed by atoms with E-state index in [0.29, 0.717) is 12.0 Å². The molecule has 1 N–H and O–H groups in total. The van der Waals surface area contributed by atoms with Gasteiger partial charge in [-0.15, -0.1) is 0 Å². The topological polar surface area (TPSA) is 32.3 Å². The Morgan fingerprint density at radius 2 is 2.00 bits per heavy atom. The van der Waals surface area contributed by atoms with E-state index < -0.39 is 0 Å². The third kappa shape index (κ3) is 2.88. The summed E-state index contributed by atoms with van der Waals surface area (Å²) < 4.78 is 0. The van der Waals surface area contributed by atoms with Crippen LogP contribution in [0.3, 0.4) is 0 Å². The Morgan fingerprint density at radius 3 is 2.80 bits per heavy atom. The standard InChI is InChI=1S/C17H24N2O/c1-19-11-10-13-8-5-9-16(15(13)12-19)18-17(20)14-6-3-2-4-7-14/h2-4,6-7,13,15-16H,5,8-12H2,1H3,(H,18,20)/t13-,15-,16?/m1/s1. The largest absolute Gasteiger partial charge is 0.349 e. The van der Waals surface area contributed by atoms with Crippen molar-refractivity contribution < 1.29 is 4.79 Å². The Kier molecular flexibility index (Phi) is 4.06. The molecular formula is C17H24N2O. The van der Waals surface area contributed by atoms with Crippen LogP contribution in [-0.4, -0.2) is 37.0 Å². The molecule has 0 spiro atoms. The van der Waals surface area contributed by atoms with Gasteiger partial charge in [-0.3, -0.25) is 4.79 Å². The molecule has 1 amide bonds. The molecule has 1 aliphatic carbocycles. The summed E-state index contributed by atoms with van der Waals surface area (Å²) in [5, 5.41) is 3.29. The molecule has 3 rings (SSSR count). The highest BCUT2D eigenvalue weighted by Gasteiger charge is 2.37. The number of piperidine rings is 1. The number of nitrogens with zero attached hydrogens (tertiary/aromatic N) is 1. The Bertz CT molecular complexity index is 459. The Hall–Kier alpha value is -1.35. The van der Waals surface area contributed by atoms with Crippen LogP contribution in [0.15, 0.2) is 30.3 Å². The molecule has 3 atom stereocenters. The minimum atomic E-state index is 0.0875. The highest BCUT2D eigenvalue weighted by atomic mass is 16.1. The fourth-order valence-corrected chi connectivity index (χ4v) is 3.85. The van der Waals surface area contributed by atoms with Crippen molar-refractivity contribution in [1.82, 2.24) is 10.2 Å². The molecule has 1 aliphatic heterocycles. The number of carbonyl (C=O) groups excluding carboxylic acids is 1. The molecule has 108 valence electrons. The van der Waals surface area contributed by atoms with E-state index in [1.54, 1.807) is 0 Å². The lowest BCUT2D eigenvalue weighted by Crippen LogP contribution is -2.52. The first-order valence-corrected chi connectivity index (χ1v) is 7.78. The van der Waals surface area contributed by atoms with Gasteiger partial charge in [0.2, 0.25) is 0 Å². The summed E-state index contributed by atoms with van der Waals surface area (Å²) in [6, 6.07) is 9.93. The van der Waals surface area contributed by atoms with Gasteiger partial charge in [0.25, 0.3) is 5.91 Å². The molecule has 2 fully saturated rings.